The van der Waals surface area contributed by atoms with E-state index in [1.807, 2.05) is 31.2 Å². The van der Waals surface area contributed by atoms with E-state index in [1.54, 1.807) is 7.11 Å². The Morgan fingerprint density at radius 3 is 3.04 bits per heavy atom. The van der Waals surface area contributed by atoms with Gasteiger partial charge in [0.15, 0.2) is 0 Å². The molecule has 2 heterocycles. The van der Waals surface area contributed by atoms with Crippen molar-refractivity contribution in [2.45, 2.75) is 31.8 Å². The number of aromatic nitrogens is 2. The first kappa shape index (κ1) is 16.0. The lowest BCUT2D eigenvalue weighted by atomic mass is 9.94. The van der Waals surface area contributed by atoms with E-state index in [9.17, 15) is 5.11 Å². The fraction of sp³-hybridized carbons (Fsp3) is 0.500. The van der Waals surface area contributed by atoms with Crippen LogP contribution in [0.25, 0.3) is 0 Å². The minimum absolute atomic E-state index is 0.450. The van der Waals surface area contributed by atoms with Crippen LogP contribution in [0.4, 0.5) is 0 Å². The first-order valence-corrected chi connectivity index (χ1v) is 8.22. The monoisotopic (exact) mass is 315 g/mol. The average molecular weight is 315 g/mol. The molecule has 5 nitrogen and oxygen atoms in total. The van der Waals surface area contributed by atoms with E-state index in [0.29, 0.717) is 12.5 Å². The number of hydrogen-bond acceptors (Lipinski definition) is 4. The summed E-state index contributed by atoms with van der Waals surface area (Å²) < 4.78 is 5.24. The number of piperidine rings is 1. The zero-order valence-corrected chi connectivity index (χ0v) is 13.8. The first-order chi connectivity index (χ1) is 11.2. The van der Waals surface area contributed by atoms with Crippen molar-refractivity contribution < 1.29 is 9.84 Å². The van der Waals surface area contributed by atoms with E-state index in [1.165, 1.54) is 0 Å². The van der Waals surface area contributed by atoms with Crippen molar-refractivity contribution in [3.05, 3.63) is 47.3 Å². The molecular weight excluding hydrogens is 290 g/mol. The quantitative estimate of drug-likeness (QED) is 0.890. The normalized spacial score (nSPS) is 20.4. The minimum Gasteiger partial charge on any atom is -0.497 e. The summed E-state index contributed by atoms with van der Waals surface area (Å²) in [4.78, 5) is 2.34. The number of hydrogen-bond donors (Lipinski definition) is 2. The number of β-amino-alcohol motifs (C(OH)–C–C–N with tert-alkyl or cyclic N) is 1. The Bertz CT molecular complexity index is 641. The Balaban J connectivity index is 1.62. The van der Waals surface area contributed by atoms with Gasteiger partial charge in [-0.3, -0.25) is 10.00 Å². The van der Waals surface area contributed by atoms with E-state index in [0.717, 1.165) is 48.6 Å². The van der Waals surface area contributed by atoms with Gasteiger partial charge in [0.25, 0.3) is 0 Å². The lowest BCUT2D eigenvalue weighted by Gasteiger charge is -2.33. The lowest BCUT2D eigenvalue weighted by Crippen LogP contribution is -2.37. The van der Waals surface area contributed by atoms with Crippen LogP contribution in [-0.4, -0.2) is 46.9 Å². The first-order valence-electron chi connectivity index (χ1n) is 8.22. The van der Waals surface area contributed by atoms with Crippen LogP contribution in [0.5, 0.6) is 5.75 Å². The molecule has 23 heavy (non-hydrogen) atoms. The summed E-state index contributed by atoms with van der Waals surface area (Å²) in [5, 5.41) is 18.0. The van der Waals surface area contributed by atoms with Gasteiger partial charge in [-0.05, 0) is 50.1 Å². The van der Waals surface area contributed by atoms with E-state index < -0.39 is 6.10 Å². The van der Waals surface area contributed by atoms with Gasteiger partial charge in [0.2, 0.25) is 0 Å². The Morgan fingerprint density at radius 2 is 2.30 bits per heavy atom. The summed E-state index contributed by atoms with van der Waals surface area (Å²) in [6, 6.07) is 9.80. The van der Waals surface area contributed by atoms with Crippen LogP contribution >= 0.6 is 0 Å². The highest BCUT2D eigenvalue weighted by Gasteiger charge is 2.25. The third-order valence-corrected chi connectivity index (χ3v) is 4.56. The van der Waals surface area contributed by atoms with Gasteiger partial charge in [0, 0.05) is 24.7 Å². The molecule has 2 atom stereocenters. The smallest absolute Gasteiger partial charge is 0.119 e. The molecule has 1 aliphatic rings. The van der Waals surface area contributed by atoms with Crippen LogP contribution in [0.3, 0.4) is 0 Å². The molecule has 2 N–H and O–H groups in total. The van der Waals surface area contributed by atoms with E-state index in [2.05, 4.69) is 21.2 Å². The largest absolute Gasteiger partial charge is 0.497 e. The van der Waals surface area contributed by atoms with Gasteiger partial charge in [-0.25, -0.2) is 0 Å². The second kappa shape index (κ2) is 7.15. The van der Waals surface area contributed by atoms with Gasteiger partial charge < -0.3 is 9.84 Å². The molecule has 2 aromatic rings. The van der Waals surface area contributed by atoms with Crippen molar-refractivity contribution in [3.63, 3.8) is 0 Å². The van der Waals surface area contributed by atoms with E-state index >= 15 is 0 Å². The molecule has 0 unspecified atom stereocenters. The van der Waals surface area contributed by atoms with Crippen molar-refractivity contribution in [1.29, 1.82) is 0 Å². The summed E-state index contributed by atoms with van der Waals surface area (Å²) >= 11 is 0. The summed E-state index contributed by atoms with van der Waals surface area (Å²) in [6.45, 7) is 4.66. The third-order valence-electron chi connectivity index (χ3n) is 4.56. The molecule has 124 valence electrons. The summed E-state index contributed by atoms with van der Waals surface area (Å²) in [5.41, 5.74) is 3.15. The highest BCUT2D eigenvalue weighted by Crippen LogP contribution is 2.28. The maximum absolute atomic E-state index is 10.5. The molecule has 1 fully saturated rings. The van der Waals surface area contributed by atoms with Crippen molar-refractivity contribution in [3.8, 4) is 5.75 Å². The van der Waals surface area contributed by atoms with E-state index in [4.69, 9.17) is 4.74 Å². The number of nitrogens with zero attached hydrogens (tertiary/aromatic N) is 2. The predicted octanol–water partition coefficient (Wildman–Crippen LogP) is 2.64. The highest BCUT2D eigenvalue weighted by atomic mass is 16.5. The predicted molar refractivity (Wildman–Crippen MR) is 89.7 cm³/mol. The number of likely N-dealkylation sites (tertiary alicyclic amines) is 1. The van der Waals surface area contributed by atoms with Crippen molar-refractivity contribution in [2.75, 3.05) is 26.7 Å². The Hall–Kier alpha value is -1.85. The second-order valence-electron chi connectivity index (χ2n) is 6.37. The number of ether oxygens (including phenoxy) is 1. The molecule has 3 rings (SSSR count). The number of aromatic amines is 1. The third kappa shape index (κ3) is 3.92. The summed E-state index contributed by atoms with van der Waals surface area (Å²) in [6.07, 6.45) is 1.81. The Labute approximate surface area is 137 Å². The number of H-pyrrole nitrogens is 1. The molecule has 0 saturated carbocycles. The number of methoxy groups -OCH3 is 1. The fourth-order valence-corrected chi connectivity index (χ4v) is 3.31. The zero-order valence-electron chi connectivity index (χ0n) is 13.8. The number of aliphatic hydroxyl groups is 1. The second-order valence-corrected chi connectivity index (χ2v) is 6.37. The maximum atomic E-state index is 10.5. The van der Waals surface area contributed by atoms with Gasteiger partial charge >= 0.3 is 0 Å². The SMILES string of the molecule is COc1cccc([C@H](O)CN2CCC[C@H](c3cc(C)[nH]n3)C2)c1. The van der Waals surface area contributed by atoms with Crippen molar-refractivity contribution in [2.24, 2.45) is 0 Å². The highest BCUT2D eigenvalue weighted by molar-refractivity contribution is 5.30. The van der Waals surface area contributed by atoms with Crippen LogP contribution in [0.1, 0.15) is 41.8 Å². The molecule has 1 saturated heterocycles. The minimum atomic E-state index is -0.496. The molecule has 1 aromatic carbocycles. The van der Waals surface area contributed by atoms with Crippen LogP contribution in [0, 0.1) is 6.92 Å². The average Bonchev–Trinajstić information content (AvgIpc) is 3.02. The topological polar surface area (TPSA) is 61.4 Å². The molecule has 1 aliphatic heterocycles. The lowest BCUT2D eigenvalue weighted by molar-refractivity contribution is 0.0948. The summed E-state index contributed by atoms with van der Waals surface area (Å²) in [5.74, 6) is 1.23. The molecular formula is C18H25N3O2. The molecule has 0 amide bonds. The van der Waals surface area contributed by atoms with E-state index in [-0.39, 0.29) is 0 Å². The van der Waals surface area contributed by atoms with Crippen molar-refractivity contribution >= 4 is 0 Å². The van der Waals surface area contributed by atoms with Crippen molar-refractivity contribution in [1.82, 2.24) is 15.1 Å². The molecule has 5 heteroatoms. The number of aryl methyl sites for hydroxylation is 1. The standard InChI is InChI=1S/C18H25N3O2/c1-13-9-17(20-19-13)15-6-4-8-21(11-15)12-18(22)14-5-3-7-16(10-14)23-2/h3,5,7,9-10,15,18,22H,4,6,8,11-12H2,1-2H3,(H,19,20)/t15-,18+/m0/s1. The number of aliphatic hydroxyl groups excluding tert-OH is 1. The van der Waals surface area contributed by atoms with Gasteiger partial charge in [-0.15, -0.1) is 0 Å². The summed E-state index contributed by atoms with van der Waals surface area (Å²) in [7, 11) is 1.65. The van der Waals surface area contributed by atoms with Gasteiger partial charge in [-0.1, -0.05) is 12.1 Å². The van der Waals surface area contributed by atoms with Crippen LogP contribution in [0.2, 0.25) is 0 Å². The molecule has 0 spiro atoms. The molecule has 0 aliphatic carbocycles. The molecule has 0 bridgehead atoms. The number of benzene rings is 1. The molecule has 0 radical (unpaired) electrons. The van der Waals surface area contributed by atoms with Crippen LogP contribution < -0.4 is 4.74 Å². The van der Waals surface area contributed by atoms with Crippen LogP contribution in [0.15, 0.2) is 30.3 Å². The Kier molecular flexibility index (Phi) is 4.98. The zero-order chi connectivity index (χ0) is 16.2. The van der Waals surface area contributed by atoms with Gasteiger partial charge in [-0.2, -0.15) is 5.10 Å². The van der Waals surface area contributed by atoms with Gasteiger partial charge in [0.05, 0.1) is 18.9 Å². The molecule has 1 aromatic heterocycles. The maximum Gasteiger partial charge on any atom is 0.119 e. The Morgan fingerprint density at radius 1 is 1.43 bits per heavy atom. The van der Waals surface area contributed by atoms with Crippen LogP contribution in [-0.2, 0) is 0 Å². The number of rotatable bonds is 5. The fourth-order valence-electron chi connectivity index (χ4n) is 3.31. The number of nitrogens with one attached hydrogen (secondary N) is 1. The van der Waals surface area contributed by atoms with Gasteiger partial charge in [0.1, 0.15) is 5.75 Å².